The monoisotopic (exact) mass is 457 g/mol. The topological polar surface area (TPSA) is 61.4 Å². The van der Waals surface area contributed by atoms with Crippen LogP contribution in [-0.2, 0) is 6.54 Å². The van der Waals surface area contributed by atoms with Crippen molar-refractivity contribution < 1.29 is 4.79 Å². The molecule has 5 rings (SSSR count). The van der Waals surface area contributed by atoms with Crippen molar-refractivity contribution in [2.75, 3.05) is 36.0 Å². The maximum Gasteiger partial charge on any atom is 0.272 e. The third-order valence-corrected chi connectivity index (χ3v) is 6.27. The third-order valence-electron chi connectivity index (χ3n) is 5.95. The lowest BCUT2D eigenvalue weighted by molar-refractivity contribution is 0.0947. The van der Waals surface area contributed by atoms with Gasteiger partial charge in [-0.25, -0.2) is 0 Å². The van der Waals surface area contributed by atoms with Crippen LogP contribution in [0, 0.1) is 0 Å². The minimum Gasteiger partial charge on any atom is -0.367 e. The summed E-state index contributed by atoms with van der Waals surface area (Å²) >= 11 is 6.39. The molecule has 6 nitrogen and oxygen atoms in total. The second-order valence-electron chi connectivity index (χ2n) is 8.01. The Bertz CT molecular complexity index is 1270. The Morgan fingerprint density at radius 2 is 1.42 bits per heavy atom. The van der Waals surface area contributed by atoms with Gasteiger partial charge >= 0.3 is 0 Å². The molecule has 4 aromatic rings. The number of nitrogens with one attached hydrogen (secondary N) is 1. The normalized spacial score (nSPS) is 13.8. The third kappa shape index (κ3) is 4.47. The van der Waals surface area contributed by atoms with Gasteiger partial charge in [0, 0.05) is 43.5 Å². The predicted molar refractivity (Wildman–Crippen MR) is 133 cm³/mol. The Kier molecular flexibility index (Phi) is 6.09. The molecule has 0 aliphatic carbocycles. The summed E-state index contributed by atoms with van der Waals surface area (Å²) in [6.07, 6.45) is 0. The largest absolute Gasteiger partial charge is 0.367 e. The van der Waals surface area contributed by atoms with E-state index in [4.69, 9.17) is 11.6 Å². The van der Waals surface area contributed by atoms with E-state index in [9.17, 15) is 4.79 Å². The molecule has 1 saturated heterocycles. The number of halogens is 1. The molecule has 7 heteroatoms. The average molecular weight is 458 g/mol. The van der Waals surface area contributed by atoms with Crippen LogP contribution < -0.4 is 15.1 Å². The maximum atomic E-state index is 12.9. The first kappa shape index (κ1) is 21.2. The van der Waals surface area contributed by atoms with Crippen LogP contribution in [0.15, 0.2) is 78.9 Å². The van der Waals surface area contributed by atoms with Crippen LogP contribution >= 0.6 is 11.6 Å². The van der Waals surface area contributed by atoms with Gasteiger partial charge in [-0.2, -0.15) is 0 Å². The molecule has 0 atom stereocenters. The van der Waals surface area contributed by atoms with Crippen LogP contribution in [0.3, 0.4) is 0 Å². The van der Waals surface area contributed by atoms with E-state index >= 15 is 0 Å². The number of nitrogens with zero attached hydrogens (tertiary/aromatic N) is 4. The molecule has 33 heavy (non-hydrogen) atoms. The molecule has 0 unspecified atom stereocenters. The van der Waals surface area contributed by atoms with Crippen LogP contribution in [0.5, 0.6) is 0 Å². The van der Waals surface area contributed by atoms with Crippen molar-refractivity contribution >= 4 is 39.8 Å². The van der Waals surface area contributed by atoms with Gasteiger partial charge in [-0.3, -0.25) is 4.79 Å². The van der Waals surface area contributed by atoms with E-state index in [2.05, 4.69) is 31.4 Å². The maximum absolute atomic E-state index is 12.9. The zero-order valence-corrected chi connectivity index (χ0v) is 18.9. The van der Waals surface area contributed by atoms with Crippen molar-refractivity contribution in [1.82, 2.24) is 15.5 Å². The Labute approximate surface area is 197 Å². The van der Waals surface area contributed by atoms with E-state index in [0.29, 0.717) is 12.2 Å². The highest BCUT2D eigenvalue weighted by atomic mass is 35.5. The molecule has 1 fully saturated rings. The van der Waals surface area contributed by atoms with E-state index < -0.39 is 0 Å². The number of amides is 1. The number of carbonyl (C=O) groups excluding carboxylic acids is 1. The number of hydrogen-bond acceptors (Lipinski definition) is 5. The van der Waals surface area contributed by atoms with Gasteiger partial charge in [0.1, 0.15) is 0 Å². The fraction of sp³-hybridized carbons (Fsp3) is 0.192. The van der Waals surface area contributed by atoms with Gasteiger partial charge in [-0.15, -0.1) is 10.2 Å². The molecule has 1 aliphatic rings. The average Bonchev–Trinajstić information content (AvgIpc) is 2.88. The van der Waals surface area contributed by atoms with E-state index in [1.165, 1.54) is 0 Å². The summed E-state index contributed by atoms with van der Waals surface area (Å²) in [4.78, 5) is 17.4. The number of aromatic nitrogens is 2. The van der Waals surface area contributed by atoms with E-state index in [0.717, 1.165) is 59.0 Å². The summed E-state index contributed by atoms with van der Waals surface area (Å²) in [5.41, 5.74) is 2.44. The smallest absolute Gasteiger partial charge is 0.272 e. The van der Waals surface area contributed by atoms with Gasteiger partial charge in [-0.05, 0) is 17.7 Å². The van der Waals surface area contributed by atoms with Gasteiger partial charge in [0.15, 0.2) is 11.5 Å². The standard InChI is InChI=1S/C26H24ClN5O/c27-22-12-6-7-13-23(22)31-14-16-32(17-15-31)25-21-11-5-4-10-20(21)24(29-30-25)26(33)28-18-19-8-2-1-3-9-19/h1-13H,14-18H2,(H,28,33). The highest BCUT2D eigenvalue weighted by Gasteiger charge is 2.23. The van der Waals surface area contributed by atoms with Gasteiger partial charge in [0.05, 0.1) is 10.7 Å². The van der Waals surface area contributed by atoms with Crippen molar-refractivity contribution in [2.24, 2.45) is 0 Å². The Morgan fingerprint density at radius 3 is 2.18 bits per heavy atom. The minimum absolute atomic E-state index is 0.224. The molecule has 1 amide bonds. The molecular weight excluding hydrogens is 434 g/mol. The van der Waals surface area contributed by atoms with Gasteiger partial charge in [0.2, 0.25) is 0 Å². The SMILES string of the molecule is O=C(NCc1ccccc1)c1nnc(N2CCN(c3ccccc3Cl)CC2)c2ccccc12. The molecule has 1 aliphatic heterocycles. The number of rotatable bonds is 5. The first-order chi connectivity index (χ1) is 16.2. The Hall–Kier alpha value is -3.64. The van der Waals surface area contributed by atoms with Crippen LogP contribution in [0.1, 0.15) is 16.1 Å². The highest BCUT2D eigenvalue weighted by Crippen LogP contribution is 2.29. The van der Waals surface area contributed by atoms with Crippen LogP contribution in [-0.4, -0.2) is 42.3 Å². The molecule has 3 aromatic carbocycles. The lowest BCUT2D eigenvalue weighted by Crippen LogP contribution is -2.47. The number of carbonyl (C=O) groups is 1. The number of piperazine rings is 1. The lowest BCUT2D eigenvalue weighted by Gasteiger charge is -2.37. The molecule has 166 valence electrons. The molecule has 0 bridgehead atoms. The molecular formula is C26H24ClN5O. The number of anilines is 2. The minimum atomic E-state index is -0.224. The Morgan fingerprint density at radius 1 is 0.788 bits per heavy atom. The summed E-state index contributed by atoms with van der Waals surface area (Å²) in [7, 11) is 0. The number of fused-ring (bicyclic) bond motifs is 1. The second-order valence-corrected chi connectivity index (χ2v) is 8.42. The molecule has 2 heterocycles. The van der Waals surface area contributed by atoms with Gasteiger partial charge in [0.25, 0.3) is 5.91 Å². The molecule has 0 saturated carbocycles. The summed E-state index contributed by atoms with van der Waals surface area (Å²) in [6.45, 7) is 3.70. The van der Waals surface area contributed by atoms with Crippen molar-refractivity contribution in [3.8, 4) is 0 Å². The van der Waals surface area contributed by atoms with Crippen LogP contribution in [0.4, 0.5) is 11.5 Å². The zero-order chi connectivity index (χ0) is 22.6. The Balaban J connectivity index is 1.35. The molecule has 1 N–H and O–H groups in total. The van der Waals surface area contributed by atoms with Gasteiger partial charge in [-0.1, -0.05) is 78.3 Å². The number of hydrogen-bond donors (Lipinski definition) is 1. The fourth-order valence-electron chi connectivity index (χ4n) is 4.22. The van der Waals surface area contributed by atoms with Crippen molar-refractivity contribution in [3.63, 3.8) is 0 Å². The molecule has 0 radical (unpaired) electrons. The first-order valence-corrected chi connectivity index (χ1v) is 11.4. The fourth-order valence-corrected chi connectivity index (χ4v) is 4.48. The molecule has 1 aromatic heterocycles. The second kappa shape index (κ2) is 9.46. The molecule has 0 spiro atoms. The van der Waals surface area contributed by atoms with E-state index in [-0.39, 0.29) is 5.91 Å². The van der Waals surface area contributed by atoms with E-state index in [1.54, 1.807) is 0 Å². The van der Waals surface area contributed by atoms with Crippen molar-refractivity contribution in [1.29, 1.82) is 0 Å². The lowest BCUT2D eigenvalue weighted by atomic mass is 10.1. The first-order valence-electron chi connectivity index (χ1n) is 11.0. The van der Waals surface area contributed by atoms with Crippen molar-refractivity contribution in [2.45, 2.75) is 6.54 Å². The zero-order valence-electron chi connectivity index (χ0n) is 18.1. The van der Waals surface area contributed by atoms with Gasteiger partial charge < -0.3 is 15.1 Å². The number of benzene rings is 3. The van der Waals surface area contributed by atoms with Crippen LogP contribution in [0.2, 0.25) is 5.02 Å². The van der Waals surface area contributed by atoms with E-state index in [1.807, 2.05) is 72.8 Å². The van der Waals surface area contributed by atoms with Crippen LogP contribution in [0.25, 0.3) is 10.8 Å². The summed E-state index contributed by atoms with van der Waals surface area (Å²) in [6, 6.07) is 25.6. The summed E-state index contributed by atoms with van der Waals surface area (Å²) in [5, 5.41) is 14.3. The predicted octanol–water partition coefficient (Wildman–Crippen LogP) is 4.54. The summed E-state index contributed by atoms with van der Waals surface area (Å²) in [5.74, 6) is 0.585. The summed E-state index contributed by atoms with van der Waals surface area (Å²) < 4.78 is 0. The quantitative estimate of drug-likeness (QED) is 0.476. The van der Waals surface area contributed by atoms with Crippen molar-refractivity contribution in [3.05, 3.63) is 95.1 Å². The highest BCUT2D eigenvalue weighted by molar-refractivity contribution is 6.33. The number of para-hydroxylation sites is 1.